The lowest BCUT2D eigenvalue weighted by Crippen LogP contribution is -2.82. The molecule has 7 atom stereocenters. The van der Waals surface area contributed by atoms with E-state index in [0.717, 1.165) is 50.1 Å². The molecular weight excluding hydrogens is 486 g/mol. The van der Waals surface area contributed by atoms with E-state index in [1.54, 1.807) is 0 Å². The van der Waals surface area contributed by atoms with Crippen LogP contribution in [0.5, 0.6) is 11.5 Å². The highest BCUT2D eigenvalue weighted by molar-refractivity contribution is 5.63. The summed E-state index contributed by atoms with van der Waals surface area (Å²) in [6, 6.07) is 13.0. The zero-order valence-corrected chi connectivity index (χ0v) is 23.9. The minimum Gasteiger partial charge on any atom is -0.504 e. The molecule has 2 spiro atoms. The third kappa shape index (κ3) is 2.87. The van der Waals surface area contributed by atoms with E-state index < -0.39 is 11.2 Å². The van der Waals surface area contributed by atoms with Gasteiger partial charge in [0, 0.05) is 42.0 Å². The van der Waals surface area contributed by atoms with Gasteiger partial charge in [-0.15, -0.1) is 0 Å². The maximum absolute atomic E-state index is 12.6. The number of phenolic OH excluding ortho intramolecular Hbond substituents is 1. The molecule has 1 saturated heterocycles. The number of rotatable bonds is 6. The quantitative estimate of drug-likeness (QED) is 0.507. The number of methoxy groups -OCH3 is 1. The molecule has 2 aromatic rings. The van der Waals surface area contributed by atoms with Crippen molar-refractivity contribution >= 4 is 0 Å². The van der Waals surface area contributed by atoms with Crippen LogP contribution in [-0.2, 0) is 22.2 Å². The van der Waals surface area contributed by atoms with Crippen molar-refractivity contribution in [2.45, 2.75) is 100 Å². The summed E-state index contributed by atoms with van der Waals surface area (Å²) in [4.78, 5) is 2.82. The second-order valence-corrected chi connectivity index (χ2v) is 14.3. The van der Waals surface area contributed by atoms with Gasteiger partial charge in [-0.2, -0.15) is 0 Å². The predicted molar refractivity (Wildman–Crippen MR) is 150 cm³/mol. The third-order valence-electron chi connectivity index (χ3n) is 12.5. The minimum atomic E-state index is -1.07. The van der Waals surface area contributed by atoms with Crippen molar-refractivity contribution in [3.05, 3.63) is 58.7 Å². The molecule has 5 fully saturated rings. The van der Waals surface area contributed by atoms with E-state index in [1.165, 1.54) is 36.1 Å². The number of ether oxygens (including phenoxy) is 2. The van der Waals surface area contributed by atoms with Gasteiger partial charge in [-0.05, 0) is 93.0 Å². The van der Waals surface area contributed by atoms with Gasteiger partial charge in [-0.1, -0.05) is 44.2 Å². The highest BCUT2D eigenvalue weighted by Crippen LogP contribution is 2.78. The summed E-state index contributed by atoms with van der Waals surface area (Å²) in [6.07, 6.45) is 7.42. The topological polar surface area (TPSA) is 62.2 Å². The maximum atomic E-state index is 12.6. The SMILES string of the molecule is CO[C@]12CC[C@@]3(C[C@@H]1[C@](C)(O)c1ccc(C(C)C)cc1)[C@H]1Cc4ccc(O)c5c4[C@@]3(CCN1CC1CC1)[C@H]2O5. The lowest BCUT2D eigenvalue weighted by Gasteiger charge is -2.75. The number of benzene rings is 2. The van der Waals surface area contributed by atoms with Crippen LogP contribution in [0.2, 0.25) is 0 Å². The number of likely N-dealkylation sites (tertiary alicyclic amines) is 1. The summed E-state index contributed by atoms with van der Waals surface area (Å²) >= 11 is 0. The van der Waals surface area contributed by atoms with Crippen molar-refractivity contribution in [1.82, 2.24) is 4.90 Å². The van der Waals surface area contributed by atoms with Crippen molar-refractivity contribution in [2.24, 2.45) is 17.3 Å². The largest absolute Gasteiger partial charge is 0.504 e. The molecule has 2 aliphatic heterocycles. The Morgan fingerprint density at radius 3 is 2.56 bits per heavy atom. The number of aromatic hydroxyl groups is 1. The van der Waals surface area contributed by atoms with E-state index in [9.17, 15) is 10.2 Å². The number of nitrogens with zero attached hydrogens (tertiary/aromatic N) is 1. The van der Waals surface area contributed by atoms with Crippen molar-refractivity contribution in [1.29, 1.82) is 0 Å². The zero-order chi connectivity index (χ0) is 26.9. The lowest BCUT2D eigenvalue weighted by molar-refractivity contribution is -0.304. The van der Waals surface area contributed by atoms with Crippen LogP contribution < -0.4 is 4.74 Å². The van der Waals surface area contributed by atoms with Gasteiger partial charge in [0.2, 0.25) is 0 Å². The molecule has 2 N–H and O–H groups in total. The third-order valence-corrected chi connectivity index (χ3v) is 12.5. The Hall–Kier alpha value is -2.08. The Kier molecular flexibility index (Phi) is 4.94. The molecule has 4 bridgehead atoms. The van der Waals surface area contributed by atoms with Crippen LogP contribution in [0.25, 0.3) is 0 Å². The zero-order valence-electron chi connectivity index (χ0n) is 23.9. The van der Waals surface area contributed by atoms with Gasteiger partial charge in [0.25, 0.3) is 0 Å². The standard InChI is InChI=1S/C34H43NO4/c1-20(2)22-7-10-24(11-8-22)31(3,37)26-18-32-13-14-34(26,38-4)30-33(32)15-16-35(19-21-5-6-21)27(32)17-23-9-12-25(36)29(39-30)28(23)33/h7-12,20-21,26-27,30,36-37H,5-6,13-19H2,1-4H3/t26-,27-,30-,31-,32-,33+,34-/m1/s1. The van der Waals surface area contributed by atoms with E-state index in [-0.39, 0.29) is 28.6 Å². The fourth-order valence-corrected chi connectivity index (χ4v) is 10.5. The molecule has 4 saturated carbocycles. The van der Waals surface area contributed by atoms with Gasteiger partial charge >= 0.3 is 0 Å². The lowest BCUT2D eigenvalue weighted by atomic mass is 9.33. The molecule has 2 aromatic carbocycles. The Morgan fingerprint density at radius 2 is 1.87 bits per heavy atom. The fraction of sp³-hybridized carbons (Fsp3) is 0.647. The monoisotopic (exact) mass is 529 g/mol. The number of hydrogen-bond acceptors (Lipinski definition) is 5. The van der Waals surface area contributed by atoms with Gasteiger partial charge in [0.15, 0.2) is 11.5 Å². The summed E-state index contributed by atoms with van der Waals surface area (Å²) in [6.45, 7) is 8.70. The highest BCUT2D eigenvalue weighted by atomic mass is 16.6. The van der Waals surface area contributed by atoms with Crippen LogP contribution in [0.1, 0.15) is 87.5 Å². The van der Waals surface area contributed by atoms with Crippen molar-refractivity contribution in [2.75, 3.05) is 20.2 Å². The average molecular weight is 530 g/mol. The second-order valence-electron chi connectivity index (χ2n) is 14.3. The van der Waals surface area contributed by atoms with E-state index >= 15 is 0 Å². The predicted octanol–water partition coefficient (Wildman–Crippen LogP) is 5.65. The maximum Gasteiger partial charge on any atom is 0.165 e. The van der Waals surface area contributed by atoms with Gasteiger partial charge in [0.05, 0.1) is 5.60 Å². The van der Waals surface area contributed by atoms with E-state index in [0.29, 0.717) is 17.7 Å². The van der Waals surface area contributed by atoms with Crippen LogP contribution in [-0.4, -0.2) is 53.1 Å². The molecule has 39 heavy (non-hydrogen) atoms. The van der Waals surface area contributed by atoms with Gasteiger partial charge in [-0.3, -0.25) is 4.90 Å². The summed E-state index contributed by atoms with van der Waals surface area (Å²) in [5.41, 5.74) is 2.98. The number of piperidine rings is 1. The Balaban J connectivity index is 1.31. The van der Waals surface area contributed by atoms with E-state index in [4.69, 9.17) is 9.47 Å². The first-order valence-corrected chi connectivity index (χ1v) is 15.3. The molecule has 0 unspecified atom stereocenters. The first kappa shape index (κ1) is 24.7. The molecule has 2 heterocycles. The van der Waals surface area contributed by atoms with Crippen molar-refractivity contribution in [3.63, 3.8) is 0 Å². The summed E-state index contributed by atoms with van der Waals surface area (Å²) < 4.78 is 13.6. The molecule has 0 amide bonds. The Morgan fingerprint density at radius 1 is 1.10 bits per heavy atom. The molecule has 7 aliphatic rings. The van der Waals surface area contributed by atoms with Crippen molar-refractivity contribution < 1.29 is 19.7 Å². The molecular formula is C34H43NO4. The van der Waals surface area contributed by atoms with Crippen molar-refractivity contribution in [3.8, 4) is 11.5 Å². The Bertz CT molecular complexity index is 1330. The highest BCUT2D eigenvalue weighted by Gasteiger charge is 2.82. The van der Waals surface area contributed by atoms with E-state index in [1.807, 2.05) is 20.1 Å². The number of fused-ring (bicyclic) bond motifs is 2. The summed E-state index contributed by atoms with van der Waals surface area (Å²) in [5.74, 6) is 2.12. The minimum absolute atomic E-state index is 0.0103. The number of aliphatic hydroxyl groups is 1. The summed E-state index contributed by atoms with van der Waals surface area (Å²) in [7, 11) is 1.83. The molecule has 5 heteroatoms. The second kappa shape index (κ2) is 7.80. The molecule has 0 aromatic heterocycles. The fourth-order valence-electron chi connectivity index (χ4n) is 10.5. The van der Waals surface area contributed by atoms with Gasteiger partial charge < -0.3 is 19.7 Å². The van der Waals surface area contributed by atoms with Crippen LogP contribution in [0.3, 0.4) is 0 Å². The van der Waals surface area contributed by atoms with E-state index in [2.05, 4.69) is 49.1 Å². The van der Waals surface area contributed by atoms with Gasteiger partial charge in [0.1, 0.15) is 11.7 Å². The smallest absolute Gasteiger partial charge is 0.165 e. The Labute approximate surface area is 232 Å². The first-order chi connectivity index (χ1) is 18.7. The van der Waals surface area contributed by atoms with Crippen LogP contribution in [0, 0.1) is 17.3 Å². The number of phenols is 1. The van der Waals surface area contributed by atoms with Crippen LogP contribution >= 0.6 is 0 Å². The molecule has 5 nitrogen and oxygen atoms in total. The molecule has 0 radical (unpaired) electrons. The average Bonchev–Trinajstić information content (AvgIpc) is 3.68. The first-order valence-electron chi connectivity index (χ1n) is 15.3. The van der Waals surface area contributed by atoms with Gasteiger partial charge in [-0.25, -0.2) is 0 Å². The summed E-state index contributed by atoms with van der Waals surface area (Å²) in [5, 5.41) is 23.6. The normalized spacial score (nSPS) is 39.4. The molecule has 9 rings (SSSR count). The van der Waals surface area contributed by atoms with Crippen LogP contribution in [0.4, 0.5) is 0 Å². The molecule has 208 valence electrons. The van der Waals surface area contributed by atoms with Crippen LogP contribution in [0.15, 0.2) is 36.4 Å². The molecule has 5 aliphatic carbocycles. The number of hydrogen-bond donors (Lipinski definition) is 2.